The molecule has 156 valence electrons. The number of hydrogen-bond donors (Lipinski definition) is 0. The zero-order valence-corrected chi connectivity index (χ0v) is 16.2. The molecule has 2 aromatic rings. The Kier molecular flexibility index (Phi) is 6.28. The predicted octanol–water partition coefficient (Wildman–Crippen LogP) is 3.90. The van der Waals surface area contributed by atoms with Gasteiger partial charge in [0, 0.05) is 43.8 Å². The van der Waals surface area contributed by atoms with Gasteiger partial charge in [0.2, 0.25) is 5.82 Å². The van der Waals surface area contributed by atoms with Crippen molar-refractivity contribution in [3.8, 4) is 5.75 Å². The summed E-state index contributed by atoms with van der Waals surface area (Å²) >= 11 is 0. The fraction of sp³-hybridized carbons (Fsp3) is 0.455. The van der Waals surface area contributed by atoms with Gasteiger partial charge in [-0.3, -0.25) is 0 Å². The smallest absolute Gasteiger partial charge is 0.200 e. The Morgan fingerprint density at radius 3 is 2.41 bits per heavy atom. The van der Waals surface area contributed by atoms with E-state index in [9.17, 15) is 8.78 Å². The second-order valence-electron chi connectivity index (χ2n) is 7.22. The van der Waals surface area contributed by atoms with Crippen molar-refractivity contribution >= 4 is 5.69 Å². The number of halogens is 2. The van der Waals surface area contributed by atoms with E-state index in [2.05, 4.69) is 0 Å². The molecule has 1 spiro atoms. The molecule has 0 saturated carbocycles. The van der Waals surface area contributed by atoms with E-state index in [4.69, 9.17) is 18.9 Å². The number of piperidine rings is 1. The van der Waals surface area contributed by atoms with E-state index in [1.165, 1.54) is 6.07 Å². The molecule has 4 rings (SSSR count). The van der Waals surface area contributed by atoms with Crippen molar-refractivity contribution in [1.82, 2.24) is 0 Å². The number of anilines is 1. The SMILES string of the molecule is Fc1cc(N2CCC3(CC2)OCCO3)cc(OCCOCc2ccccc2)c1F. The largest absolute Gasteiger partial charge is 0.488 e. The molecule has 2 aliphatic heterocycles. The molecular weight excluding hydrogens is 380 g/mol. The average molecular weight is 405 g/mol. The summed E-state index contributed by atoms with van der Waals surface area (Å²) in [7, 11) is 0. The van der Waals surface area contributed by atoms with Crippen LogP contribution < -0.4 is 9.64 Å². The quantitative estimate of drug-likeness (QED) is 0.654. The second kappa shape index (κ2) is 9.07. The highest BCUT2D eigenvalue weighted by molar-refractivity contribution is 5.52. The molecule has 2 saturated heterocycles. The maximum absolute atomic E-state index is 14.2. The van der Waals surface area contributed by atoms with E-state index in [1.54, 1.807) is 6.07 Å². The van der Waals surface area contributed by atoms with Gasteiger partial charge in [-0.15, -0.1) is 0 Å². The van der Waals surface area contributed by atoms with Crippen LogP contribution in [0.4, 0.5) is 14.5 Å². The van der Waals surface area contributed by atoms with Crippen LogP contribution in [0.3, 0.4) is 0 Å². The molecule has 2 heterocycles. The molecular formula is C22H25F2NO4. The minimum atomic E-state index is -0.979. The first-order valence-corrected chi connectivity index (χ1v) is 9.92. The molecule has 2 fully saturated rings. The Morgan fingerprint density at radius 2 is 1.69 bits per heavy atom. The van der Waals surface area contributed by atoms with Crippen molar-refractivity contribution in [2.24, 2.45) is 0 Å². The summed E-state index contributed by atoms with van der Waals surface area (Å²) in [5, 5.41) is 0. The zero-order valence-electron chi connectivity index (χ0n) is 16.2. The normalized spacial score (nSPS) is 18.3. The van der Waals surface area contributed by atoms with Gasteiger partial charge >= 0.3 is 0 Å². The topological polar surface area (TPSA) is 40.2 Å². The summed E-state index contributed by atoms with van der Waals surface area (Å²) in [6.07, 6.45) is 1.38. The number of nitrogens with zero attached hydrogens (tertiary/aromatic N) is 1. The third-order valence-electron chi connectivity index (χ3n) is 5.28. The average Bonchev–Trinajstić information content (AvgIpc) is 3.20. The van der Waals surface area contributed by atoms with Crippen LogP contribution in [0.1, 0.15) is 18.4 Å². The Hall–Kier alpha value is -2.22. The third-order valence-corrected chi connectivity index (χ3v) is 5.28. The van der Waals surface area contributed by atoms with Gasteiger partial charge in [0.05, 0.1) is 26.4 Å². The maximum atomic E-state index is 14.2. The van der Waals surface area contributed by atoms with Crippen LogP contribution in [0, 0.1) is 11.6 Å². The Bertz CT molecular complexity index is 802. The van der Waals surface area contributed by atoms with E-state index in [0.29, 0.717) is 51.4 Å². The Labute approximate surface area is 169 Å². The van der Waals surface area contributed by atoms with Crippen molar-refractivity contribution < 1.29 is 27.7 Å². The van der Waals surface area contributed by atoms with Crippen LogP contribution in [-0.4, -0.2) is 45.3 Å². The maximum Gasteiger partial charge on any atom is 0.200 e. The van der Waals surface area contributed by atoms with Gasteiger partial charge in [0.15, 0.2) is 17.4 Å². The minimum Gasteiger partial charge on any atom is -0.488 e. The summed E-state index contributed by atoms with van der Waals surface area (Å²) < 4.78 is 50.7. The molecule has 29 heavy (non-hydrogen) atoms. The van der Waals surface area contributed by atoms with Crippen LogP contribution >= 0.6 is 0 Å². The predicted molar refractivity (Wildman–Crippen MR) is 104 cm³/mol. The van der Waals surface area contributed by atoms with Gasteiger partial charge in [-0.2, -0.15) is 4.39 Å². The molecule has 7 heteroatoms. The van der Waals surface area contributed by atoms with E-state index >= 15 is 0 Å². The lowest BCUT2D eigenvalue weighted by Gasteiger charge is -2.38. The van der Waals surface area contributed by atoms with Gasteiger partial charge in [-0.25, -0.2) is 4.39 Å². The molecule has 0 amide bonds. The summed E-state index contributed by atoms with van der Waals surface area (Å²) in [6.45, 7) is 3.36. The molecule has 2 aromatic carbocycles. The van der Waals surface area contributed by atoms with Crippen LogP contribution in [-0.2, 0) is 20.8 Å². The third kappa shape index (κ3) is 4.86. The molecule has 2 aliphatic rings. The summed E-state index contributed by atoms with van der Waals surface area (Å²) in [5.41, 5.74) is 1.64. The van der Waals surface area contributed by atoms with E-state index in [-0.39, 0.29) is 19.0 Å². The van der Waals surface area contributed by atoms with Gasteiger partial charge in [0.25, 0.3) is 0 Å². The summed E-state index contributed by atoms with van der Waals surface area (Å²) in [6, 6.07) is 12.5. The molecule has 0 N–H and O–H groups in total. The van der Waals surface area contributed by atoms with Crippen molar-refractivity contribution in [3.05, 3.63) is 59.7 Å². The lowest BCUT2D eigenvalue weighted by Crippen LogP contribution is -2.45. The van der Waals surface area contributed by atoms with Gasteiger partial charge in [0.1, 0.15) is 6.61 Å². The molecule has 0 bridgehead atoms. The second-order valence-corrected chi connectivity index (χ2v) is 7.22. The van der Waals surface area contributed by atoms with E-state index < -0.39 is 17.4 Å². The Balaban J connectivity index is 1.31. The number of ether oxygens (including phenoxy) is 4. The fourth-order valence-electron chi connectivity index (χ4n) is 3.70. The first-order chi connectivity index (χ1) is 14.2. The summed E-state index contributed by atoms with van der Waals surface area (Å²) in [5.74, 6) is -2.51. The highest BCUT2D eigenvalue weighted by Crippen LogP contribution is 2.35. The molecule has 0 radical (unpaired) electrons. The van der Waals surface area contributed by atoms with Crippen molar-refractivity contribution in [1.29, 1.82) is 0 Å². The zero-order chi connectivity index (χ0) is 20.1. The number of rotatable bonds is 7. The fourth-order valence-corrected chi connectivity index (χ4v) is 3.70. The first-order valence-electron chi connectivity index (χ1n) is 9.92. The van der Waals surface area contributed by atoms with Crippen molar-refractivity contribution in [3.63, 3.8) is 0 Å². The highest BCUT2D eigenvalue weighted by atomic mass is 19.2. The van der Waals surface area contributed by atoms with Crippen molar-refractivity contribution in [2.45, 2.75) is 25.2 Å². The highest BCUT2D eigenvalue weighted by Gasteiger charge is 2.40. The van der Waals surface area contributed by atoms with Crippen LogP contribution in [0.5, 0.6) is 5.75 Å². The van der Waals surface area contributed by atoms with Crippen LogP contribution in [0.25, 0.3) is 0 Å². The molecule has 0 aromatic heterocycles. The molecule has 0 unspecified atom stereocenters. The monoisotopic (exact) mass is 405 g/mol. The lowest BCUT2D eigenvalue weighted by atomic mass is 10.0. The molecule has 0 aliphatic carbocycles. The van der Waals surface area contributed by atoms with Crippen LogP contribution in [0.15, 0.2) is 42.5 Å². The van der Waals surface area contributed by atoms with Crippen molar-refractivity contribution in [2.75, 3.05) is 44.4 Å². The number of hydrogen-bond acceptors (Lipinski definition) is 5. The van der Waals surface area contributed by atoms with E-state index in [0.717, 1.165) is 5.56 Å². The summed E-state index contributed by atoms with van der Waals surface area (Å²) in [4.78, 5) is 2.00. The standard InChI is InChI=1S/C22H25F2NO4/c23-19-14-18(25-8-6-22(7-9-25)28-12-13-29-22)15-20(21(19)24)27-11-10-26-16-17-4-2-1-3-5-17/h1-5,14-15H,6-13,16H2. The van der Waals surface area contributed by atoms with Gasteiger partial charge < -0.3 is 23.8 Å². The van der Waals surface area contributed by atoms with Gasteiger partial charge in [-0.1, -0.05) is 30.3 Å². The van der Waals surface area contributed by atoms with E-state index in [1.807, 2.05) is 35.2 Å². The Morgan fingerprint density at radius 1 is 0.966 bits per heavy atom. The molecule has 5 nitrogen and oxygen atoms in total. The minimum absolute atomic E-state index is 0.100. The lowest BCUT2D eigenvalue weighted by molar-refractivity contribution is -0.169. The first kappa shape index (κ1) is 20.1. The van der Waals surface area contributed by atoms with Crippen LogP contribution in [0.2, 0.25) is 0 Å². The molecule has 0 atom stereocenters. The number of benzene rings is 2. The van der Waals surface area contributed by atoms with Gasteiger partial charge in [-0.05, 0) is 5.56 Å².